The van der Waals surface area contributed by atoms with Crippen LogP contribution in [0.3, 0.4) is 0 Å². The van der Waals surface area contributed by atoms with Gasteiger partial charge in [-0.2, -0.15) is 8.42 Å². The summed E-state index contributed by atoms with van der Waals surface area (Å²) in [6.07, 6.45) is 2.17. The first-order valence-electron chi connectivity index (χ1n) is 6.31. The lowest BCUT2D eigenvalue weighted by molar-refractivity contribution is 0.589. The Morgan fingerprint density at radius 3 is 2.75 bits per heavy atom. The van der Waals surface area contributed by atoms with Crippen LogP contribution in [0, 0.1) is 6.92 Å². The number of fused-ring (bicyclic) bond motifs is 1. The van der Waals surface area contributed by atoms with Gasteiger partial charge in [-0.15, -0.1) is 0 Å². The van der Waals surface area contributed by atoms with Gasteiger partial charge in [0.05, 0.1) is 5.69 Å². The van der Waals surface area contributed by atoms with Crippen molar-refractivity contribution in [2.24, 2.45) is 7.05 Å². The minimum absolute atomic E-state index is 0.0766. The number of anilines is 2. The van der Waals surface area contributed by atoms with Crippen LogP contribution in [0.1, 0.15) is 11.4 Å². The number of imidazole rings is 1. The maximum absolute atomic E-state index is 12.7. The van der Waals surface area contributed by atoms with Gasteiger partial charge in [0.2, 0.25) is 0 Å². The van der Waals surface area contributed by atoms with E-state index < -0.39 is 10.0 Å². The van der Waals surface area contributed by atoms with Crippen molar-refractivity contribution < 1.29 is 8.42 Å². The van der Waals surface area contributed by atoms with Gasteiger partial charge in [-0.05, 0) is 25.5 Å². The molecule has 0 aliphatic carbocycles. The molecule has 0 bridgehead atoms. The second kappa shape index (κ2) is 4.24. The van der Waals surface area contributed by atoms with Gasteiger partial charge < -0.3 is 10.3 Å². The number of nitrogens with two attached hydrogens (primary N) is 1. The molecular weight excluding hydrogens is 276 g/mol. The number of sulfonamides is 1. The van der Waals surface area contributed by atoms with Crippen molar-refractivity contribution in [1.29, 1.82) is 0 Å². The van der Waals surface area contributed by atoms with E-state index in [1.54, 1.807) is 36.7 Å². The van der Waals surface area contributed by atoms with E-state index in [1.807, 2.05) is 0 Å². The number of nitrogen functional groups attached to an aromatic ring is 1. The average Bonchev–Trinajstić information content (AvgIpc) is 2.96. The zero-order valence-electron chi connectivity index (χ0n) is 11.4. The van der Waals surface area contributed by atoms with Crippen LogP contribution in [-0.4, -0.2) is 24.5 Å². The van der Waals surface area contributed by atoms with Crippen molar-refractivity contribution in [3.05, 3.63) is 35.8 Å². The van der Waals surface area contributed by atoms with Crippen LogP contribution in [-0.2, 0) is 23.5 Å². The molecule has 6 nitrogen and oxygen atoms in total. The van der Waals surface area contributed by atoms with E-state index >= 15 is 0 Å². The maximum Gasteiger partial charge on any atom is 0.283 e. The summed E-state index contributed by atoms with van der Waals surface area (Å²) >= 11 is 0. The molecule has 0 spiro atoms. The molecule has 1 aliphatic rings. The maximum atomic E-state index is 12.7. The summed E-state index contributed by atoms with van der Waals surface area (Å²) in [5.74, 6) is 0.663. The lowest BCUT2D eigenvalue weighted by Gasteiger charge is -2.18. The number of aromatic nitrogens is 2. The van der Waals surface area contributed by atoms with E-state index in [9.17, 15) is 8.42 Å². The van der Waals surface area contributed by atoms with Crippen LogP contribution in [0.2, 0.25) is 0 Å². The summed E-state index contributed by atoms with van der Waals surface area (Å²) in [5.41, 5.74) is 8.09. The number of aryl methyl sites for hydroxylation is 2. The first-order valence-corrected chi connectivity index (χ1v) is 7.75. The smallest absolute Gasteiger partial charge is 0.283 e. The zero-order chi connectivity index (χ0) is 14.5. The molecule has 1 aromatic carbocycles. The average molecular weight is 292 g/mol. The highest BCUT2D eigenvalue weighted by Gasteiger charge is 2.33. The van der Waals surface area contributed by atoms with E-state index in [2.05, 4.69) is 4.98 Å². The van der Waals surface area contributed by atoms with Gasteiger partial charge in [-0.3, -0.25) is 4.31 Å². The van der Waals surface area contributed by atoms with Crippen molar-refractivity contribution in [2.45, 2.75) is 18.4 Å². The highest BCUT2D eigenvalue weighted by molar-refractivity contribution is 7.92. The van der Waals surface area contributed by atoms with Crippen molar-refractivity contribution in [3.8, 4) is 0 Å². The van der Waals surface area contributed by atoms with Crippen LogP contribution in [0.25, 0.3) is 0 Å². The fraction of sp³-hybridized carbons (Fsp3) is 0.308. The molecule has 2 N–H and O–H groups in total. The molecule has 1 aliphatic heterocycles. The summed E-state index contributed by atoms with van der Waals surface area (Å²) in [6, 6.07) is 5.34. The molecule has 20 heavy (non-hydrogen) atoms. The van der Waals surface area contributed by atoms with E-state index in [1.165, 1.54) is 10.5 Å². The Hall–Kier alpha value is -2.02. The molecule has 3 rings (SSSR count). The molecule has 0 fully saturated rings. The predicted molar refractivity (Wildman–Crippen MR) is 77.0 cm³/mol. The molecule has 7 heteroatoms. The second-order valence-electron chi connectivity index (χ2n) is 4.91. The van der Waals surface area contributed by atoms with Crippen molar-refractivity contribution in [1.82, 2.24) is 9.55 Å². The minimum Gasteiger partial charge on any atom is -0.398 e. The number of benzene rings is 1. The second-order valence-corrected chi connectivity index (χ2v) is 6.72. The molecule has 0 radical (unpaired) electrons. The monoisotopic (exact) mass is 292 g/mol. The third kappa shape index (κ3) is 1.77. The summed E-state index contributed by atoms with van der Waals surface area (Å²) in [4.78, 5) is 4.12. The topological polar surface area (TPSA) is 81.2 Å². The molecule has 0 unspecified atom stereocenters. The highest BCUT2D eigenvalue weighted by atomic mass is 32.2. The Morgan fingerprint density at radius 1 is 1.35 bits per heavy atom. The first-order chi connectivity index (χ1) is 9.41. The molecule has 0 saturated carbocycles. The van der Waals surface area contributed by atoms with E-state index in [0.717, 1.165) is 5.56 Å². The third-order valence-electron chi connectivity index (χ3n) is 3.66. The van der Waals surface area contributed by atoms with Gasteiger partial charge >= 0.3 is 0 Å². The number of hydrogen-bond donors (Lipinski definition) is 1. The third-order valence-corrected chi connectivity index (χ3v) is 5.35. The zero-order valence-corrected chi connectivity index (χ0v) is 12.2. The van der Waals surface area contributed by atoms with Gasteiger partial charge in [-0.1, -0.05) is 6.07 Å². The molecule has 1 aromatic heterocycles. The first kappa shape index (κ1) is 13.0. The largest absolute Gasteiger partial charge is 0.398 e. The molecule has 106 valence electrons. The Kier molecular flexibility index (Phi) is 2.75. The van der Waals surface area contributed by atoms with Crippen molar-refractivity contribution in [3.63, 3.8) is 0 Å². The summed E-state index contributed by atoms with van der Waals surface area (Å²) in [5, 5.41) is 0.0766. The quantitative estimate of drug-likeness (QED) is 0.839. The molecule has 2 heterocycles. The Balaban J connectivity index is 2.09. The number of nitrogens with zero attached hydrogens (tertiary/aromatic N) is 3. The van der Waals surface area contributed by atoms with Crippen molar-refractivity contribution in [2.75, 3.05) is 16.6 Å². The number of hydrogen-bond acceptors (Lipinski definition) is 4. The van der Waals surface area contributed by atoms with Crippen LogP contribution in [0.4, 0.5) is 11.4 Å². The molecular formula is C13H16N4O2S. The van der Waals surface area contributed by atoms with E-state index in [-0.39, 0.29) is 5.03 Å². The summed E-state index contributed by atoms with van der Waals surface area (Å²) in [7, 11) is -1.85. The predicted octanol–water partition coefficient (Wildman–Crippen LogP) is 1.06. The standard InChI is InChI=1S/C13H16N4O2S/c1-9-15-13(8-16(9)2)20(18,19)17-7-6-10-11(14)4-3-5-12(10)17/h3-5,8H,6-7,14H2,1-2H3. The fourth-order valence-electron chi connectivity index (χ4n) is 2.44. The SMILES string of the molecule is Cc1nc(S(=O)(=O)N2CCc3c(N)cccc32)cn1C. The minimum atomic E-state index is -3.62. The molecule has 2 aromatic rings. The van der Waals surface area contributed by atoms with E-state index in [4.69, 9.17) is 5.73 Å². The lowest BCUT2D eigenvalue weighted by Crippen LogP contribution is -2.29. The summed E-state index contributed by atoms with van der Waals surface area (Å²) < 4.78 is 28.5. The Bertz CT molecular complexity index is 760. The van der Waals surface area contributed by atoms with Crippen molar-refractivity contribution >= 4 is 21.4 Å². The van der Waals surface area contributed by atoms with Crippen LogP contribution >= 0.6 is 0 Å². The Morgan fingerprint density at radius 2 is 2.10 bits per heavy atom. The summed E-state index contributed by atoms with van der Waals surface area (Å²) in [6.45, 7) is 2.18. The van der Waals surface area contributed by atoms with Gasteiger partial charge in [0.15, 0.2) is 5.03 Å². The lowest BCUT2D eigenvalue weighted by atomic mass is 10.1. The van der Waals surface area contributed by atoms with Gasteiger partial charge in [0.1, 0.15) is 5.82 Å². The van der Waals surface area contributed by atoms with Crippen LogP contribution < -0.4 is 10.0 Å². The normalized spacial score (nSPS) is 14.6. The van der Waals surface area contributed by atoms with E-state index in [0.29, 0.717) is 30.2 Å². The van der Waals surface area contributed by atoms with Crippen LogP contribution in [0.5, 0.6) is 0 Å². The molecule has 0 saturated heterocycles. The van der Waals surface area contributed by atoms with Gasteiger partial charge in [-0.25, -0.2) is 4.98 Å². The Labute approximate surface area is 117 Å². The fourth-order valence-corrected chi connectivity index (χ4v) is 3.97. The number of rotatable bonds is 2. The highest BCUT2D eigenvalue weighted by Crippen LogP contribution is 2.35. The van der Waals surface area contributed by atoms with Gasteiger partial charge in [0.25, 0.3) is 10.0 Å². The molecule has 0 amide bonds. The van der Waals surface area contributed by atoms with Gasteiger partial charge in [0, 0.05) is 31.0 Å². The molecule has 0 atom stereocenters. The van der Waals surface area contributed by atoms with Crippen LogP contribution in [0.15, 0.2) is 29.4 Å².